The average Bonchev–Trinajstić information content (AvgIpc) is 3.12. The second-order valence-electron chi connectivity index (χ2n) is 14.6. The summed E-state index contributed by atoms with van der Waals surface area (Å²) in [4.78, 5) is 40.9. The van der Waals surface area contributed by atoms with Gasteiger partial charge in [0.25, 0.3) is 0 Å². The van der Waals surface area contributed by atoms with Crippen LogP contribution in [-0.2, 0) is 69.9 Å². The fourth-order valence-corrected chi connectivity index (χ4v) is 6.89. The normalized spacial score (nSPS) is 28.7. The molecule has 1 N–H and O–H groups in total. The van der Waals surface area contributed by atoms with Crippen molar-refractivity contribution in [3.63, 3.8) is 0 Å². The van der Waals surface area contributed by atoms with E-state index in [9.17, 15) is 25.0 Å². The molecule has 0 bridgehead atoms. The number of azide groups is 1. The van der Waals surface area contributed by atoms with Gasteiger partial charge in [-0.05, 0) is 34.8 Å². The summed E-state index contributed by atoms with van der Waals surface area (Å²) in [5.41, 5.74) is 11.3. The van der Waals surface area contributed by atoms with Crippen LogP contribution in [0.25, 0.3) is 10.4 Å². The molecular weight excluding hydrogens is 723 g/mol. The van der Waals surface area contributed by atoms with E-state index in [2.05, 4.69) is 10.0 Å². The Balaban J connectivity index is 1.80. The highest BCUT2D eigenvalue weighted by atomic mass is 28.4. The van der Waals surface area contributed by atoms with Crippen LogP contribution >= 0.6 is 0 Å². The topological polar surface area (TPSA) is 203 Å². The first-order valence-corrected chi connectivity index (χ1v) is 20.5. The molecule has 17 heteroatoms. The number of benzene rings is 2. The minimum Gasteiger partial charge on any atom is -0.467 e. The van der Waals surface area contributed by atoms with E-state index in [1.54, 1.807) is 0 Å². The number of carbonyl (C=O) groups excluding carboxylic acids is 3. The minimum absolute atomic E-state index is 0.00469. The highest BCUT2D eigenvalue weighted by molar-refractivity contribution is 6.74. The molecule has 2 aromatic carbocycles. The monoisotopic (exact) mass is 773 g/mol. The van der Waals surface area contributed by atoms with Gasteiger partial charge in [-0.1, -0.05) is 86.5 Å². The predicted molar refractivity (Wildman–Crippen MR) is 194 cm³/mol. The van der Waals surface area contributed by atoms with Crippen LogP contribution in [0, 0.1) is 0 Å². The van der Waals surface area contributed by atoms with Crippen LogP contribution in [0.3, 0.4) is 0 Å². The zero-order valence-corrected chi connectivity index (χ0v) is 32.9. The molecule has 0 radical (unpaired) electrons. The lowest BCUT2D eigenvalue weighted by Gasteiger charge is -2.50. The number of methoxy groups -OCH3 is 1. The fourth-order valence-electron chi connectivity index (χ4n) is 5.76. The summed E-state index contributed by atoms with van der Waals surface area (Å²) < 4.78 is 54.5. The van der Waals surface area contributed by atoms with Gasteiger partial charge in [0.15, 0.2) is 27.0 Å². The van der Waals surface area contributed by atoms with Crippen LogP contribution in [0.15, 0.2) is 65.8 Å². The van der Waals surface area contributed by atoms with E-state index in [-0.39, 0.29) is 18.3 Å². The lowest BCUT2D eigenvalue weighted by Crippen LogP contribution is -2.67. The first-order valence-electron chi connectivity index (χ1n) is 17.6. The van der Waals surface area contributed by atoms with Crippen molar-refractivity contribution >= 4 is 26.2 Å². The van der Waals surface area contributed by atoms with Gasteiger partial charge in [-0.25, -0.2) is 4.79 Å². The molecule has 54 heavy (non-hydrogen) atoms. The number of rotatable bonds is 15. The van der Waals surface area contributed by atoms with Gasteiger partial charge in [-0.2, -0.15) is 0 Å². The van der Waals surface area contributed by atoms with Gasteiger partial charge >= 0.3 is 17.9 Å². The number of nitrogens with zero attached hydrogens (tertiary/aromatic N) is 3. The summed E-state index contributed by atoms with van der Waals surface area (Å²) in [6, 6.07) is 17.0. The molecule has 0 aliphatic carbocycles. The summed E-state index contributed by atoms with van der Waals surface area (Å²) >= 11 is 0. The third-order valence-electron chi connectivity index (χ3n) is 9.58. The number of aliphatic hydroxyl groups is 1. The molecule has 0 amide bonds. The molecule has 10 atom stereocenters. The van der Waals surface area contributed by atoms with Crippen molar-refractivity contribution in [1.82, 2.24) is 0 Å². The molecule has 0 aromatic heterocycles. The molecule has 2 heterocycles. The van der Waals surface area contributed by atoms with Gasteiger partial charge in [-0.3, -0.25) is 9.59 Å². The Labute approximate surface area is 316 Å². The Bertz CT molecular complexity index is 1590. The molecule has 2 fully saturated rings. The van der Waals surface area contributed by atoms with Gasteiger partial charge in [0.05, 0.1) is 20.3 Å². The van der Waals surface area contributed by atoms with Gasteiger partial charge in [0.2, 0.25) is 0 Å². The summed E-state index contributed by atoms with van der Waals surface area (Å²) in [5, 5.41) is 15.2. The van der Waals surface area contributed by atoms with Crippen molar-refractivity contribution in [2.75, 3.05) is 13.7 Å². The van der Waals surface area contributed by atoms with Gasteiger partial charge < -0.3 is 47.4 Å². The molecule has 2 saturated heterocycles. The molecule has 0 spiro atoms. The van der Waals surface area contributed by atoms with Crippen LogP contribution in [-0.4, -0.2) is 106 Å². The summed E-state index contributed by atoms with van der Waals surface area (Å²) in [6.45, 7) is 11.9. The first kappa shape index (κ1) is 42.8. The van der Waals surface area contributed by atoms with Crippen LogP contribution in [0.4, 0.5) is 0 Å². The third-order valence-corrected chi connectivity index (χ3v) is 14.0. The zero-order chi connectivity index (χ0) is 39.6. The Kier molecular flexibility index (Phi) is 15.2. The van der Waals surface area contributed by atoms with Crippen molar-refractivity contribution in [1.29, 1.82) is 0 Å². The van der Waals surface area contributed by atoms with Crippen molar-refractivity contribution < 1.29 is 61.8 Å². The summed E-state index contributed by atoms with van der Waals surface area (Å²) in [7, 11) is -1.50. The lowest BCUT2D eigenvalue weighted by molar-refractivity contribution is -0.349. The van der Waals surface area contributed by atoms with E-state index in [4.69, 9.17) is 42.3 Å². The lowest BCUT2D eigenvalue weighted by atomic mass is 9.95. The first-order chi connectivity index (χ1) is 25.6. The molecule has 296 valence electrons. The van der Waals surface area contributed by atoms with Gasteiger partial charge in [-0.15, -0.1) is 0 Å². The molecule has 4 rings (SSSR count). The van der Waals surface area contributed by atoms with E-state index >= 15 is 0 Å². The molecular formula is C37H51N3O13Si. The summed E-state index contributed by atoms with van der Waals surface area (Å²) in [6.07, 6.45) is -12.5. The predicted octanol–water partition coefficient (Wildman–Crippen LogP) is 4.72. The number of carbonyl (C=O) groups is 3. The molecule has 16 nitrogen and oxygen atoms in total. The maximum absolute atomic E-state index is 13.1. The van der Waals surface area contributed by atoms with E-state index in [0.717, 1.165) is 18.2 Å². The Morgan fingerprint density at radius 1 is 0.852 bits per heavy atom. The maximum atomic E-state index is 13.1. The quantitative estimate of drug-likeness (QED) is 0.0651. The smallest absolute Gasteiger partial charge is 0.337 e. The van der Waals surface area contributed by atoms with E-state index in [0.29, 0.717) is 0 Å². The molecule has 0 saturated carbocycles. The molecule has 2 aliphatic rings. The Morgan fingerprint density at radius 3 is 1.93 bits per heavy atom. The SMILES string of the molecule is COC(=O)[C@H]1O[C@@H](O[C@H]2[C@H](OC(C)=O)[C@@H](N=[N+]=[N-])[C@H](O[Si](C)(C)C(C)(C)C)O[C@@H]2COC(C)=O)[C@H](OCc2ccccc2)[C@@H](OCc2ccccc2)[C@@H]1O. The van der Waals surface area contributed by atoms with Crippen LogP contribution in [0.1, 0.15) is 45.7 Å². The van der Waals surface area contributed by atoms with Crippen molar-refractivity contribution in [3.05, 3.63) is 82.2 Å². The van der Waals surface area contributed by atoms with Crippen LogP contribution in [0.2, 0.25) is 18.1 Å². The molecule has 0 unspecified atom stereocenters. The number of hydrogen-bond acceptors (Lipinski definition) is 14. The largest absolute Gasteiger partial charge is 0.467 e. The highest BCUT2D eigenvalue weighted by Crippen LogP contribution is 2.41. The van der Waals surface area contributed by atoms with Crippen molar-refractivity contribution in [3.8, 4) is 0 Å². The molecule has 2 aliphatic heterocycles. The Morgan fingerprint density at radius 2 is 1.43 bits per heavy atom. The van der Waals surface area contributed by atoms with Crippen LogP contribution in [0.5, 0.6) is 0 Å². The second kappa shape index (κ2) is 19.1. The average molecular weight is 774 g/mol. The number of aliphatic hydroxyl groups excluding tert-OH is 1. The number of ether oxygens (including phenoxy) is 8. The Hall–Kier alpha value is -3.90. The minimum atomic E-state index is -2.64. The highest BCUT2D eigenvalue weighted by Gasteiger charge is 2.56. The standard InChI is InChI=1S/C37H51N3O13Si/c1-22(41)46-21-26-29(30(49-23(2)42)27(39-40-38)35(50-26)53-54(7,8)37(3,4)5)51-36-33(48-20-25-17-13-10-14-18-25)31(28(43)32(52-36)34(44)45-6)47-19-24-15-11-9-12-16-24/h9-18,26-33,35-36,43H,19-21H2,1-8H3/t26-,27-,28+,29-,30-,31+,32+,33-,35+,36-/m1/s1. The second-order valence-corrected chi connectivity index (χ2v) is 19.3. The van der Waals surface area contributed by atoms with Crippen LogP contribution < -0.4 is 0 Å². The van der Waals surface area contributed by atoms with Crippen molar-refractivity contribution in [2.24, 2.45) is 5.11 Å². The molecule has 2 aromatic rings. The number of esters is 3. The zero-order valence-electron chi connectivity index (χ0n) is 31.9. The third kappa shape index (κ3) is 11.1. The fraction of sp³-hybridized carbons (Fsp3) is 0.595. The van der Waals surface area contributed by atoms with Crippen molar-refractivity contribution in [2.45, 2.75) is 127 Å². The van der Waals surface area contributed by atoms with Gasteiger partial charge in [0.1, 0.15) is 49.3 Å². The van der Waals surface area contributed by atoms with Gasteiger partial charge in [0, 0.05) is 18.8 Å². The number of hydrogen-bond donors (Lipinski definition) is 1. The maximum Gasteiger partial charge on any atom is 0.337 e. The summed E-state index contributed by atoms with van der Waals surface area (Å²) in [5.74, 6) is -2.31. The van der Waals surface area contributed by atoms with E-state index in [1.807, 2.05) is 94.5 Å². The van der Waals surface area contributed by atoms with E-state index < -0.39 is 94.2 Å². The van der Waals surface area contributed by atoms with E-state index in [1.165, 1.54) is 13.8 Å².